The third kappa shape index (κ3) is 1.56. The van der Waals surface area contributed by atoms with Crippen molar-refractivity contribution < 1.29 is 4.74 Å². The summed E-state index contributed by atoms with van der Waals surface area (Å²) in [4.78, 5) is 14.6. The van der Waals surface area contributed by atoms with E-state index in [2.05, 4.69) is 15.0 Å². The van der Waals surface area contributed by atoms with Crippen molar-refractivity contribution in [2.24, 2.45) is 0 Å². The number of hydrogen-bond acceptors (Lipinski definition) is 5. The minimum atomic E-state index is 0.461. The summed E-state index contributed by atoms with van der Waals surface area (Å²) in [7, 11) is 0. The van der Waals surface area contributed by atoms with Crippen LogP contribution < -0.4 is 9.64 Å². The summed E-state index contributed by atoms with van der Waals surface area (Å²) in [5, 5.41) is 0. The fourth-order valence-electron chi connectivity index (χ4n) is 1.63. The van der Waals surface area contributed by atoms with Gasteiger partial charge in [0.15, 0.2) is 6.73 Å². The summed E-state index contributed by atoms with van der Waals surface area (Å²) in [6, 6.07) is 5.58. The maximum absolute atomic E-state index is 5.57. The lowest BCUT2D eigenvalue weighted by Gasteiger charge is -2.27. The average molecular weight is 214 g/mol. The summed E-state index contributed by atoms with van der Waals surface area (Å²) in [5.74, 6) is 1.51. The molecule has 0 amide bonds. The van der Waals surface area contributed by atoms with Crippen LogP contribution in [0, 0.1) is 0 Å². The Kier molecular flexibility index (Phi) is 2.14. The zero-order valence-corrected chi connectivity index (χ0v) is 8.58. The molecule has 1 aliphatic rings. The number of ether oxygens (including phenoxy) is 1. The van der Waals surface area contributed by atoms with Crippen LogP contribution in [-0.4, -0.2) is 21.7 Å². The highest BCUT2D eigenvalue weighted by Crippen LogP contribution is 2.23. The van der Waals surface area contributed by atoms with E-state index in [4.69, 9.17) is 4.74 Å². The van der Waals surface area contributed by atoms with Crippen LogP contribution >= 0.6 is 0 Å². The molecule has 0 atom stereocenters. The van der Waals surface area contributed by atoms with Gasteiger partial charge in [-0.05, 0) is 18.2 Å². The number of aromatic nitrogens is 3. The zero-order valence-electron chi connectivity index (χ0n) is 8.58. The van der Waals surface area contributed by atoms with E-state index in [0.29, 0.717) is 19.2 Å². The highest BCUT2D eigenvalue weighted by Gasteiger charge is 2.19. The highest BCUT2D eigenvalue weighted by atomic mass is 16.5. The number of anilines is 1. The van der Waals surface area contributed by atoms with Crippen molar-refractivity contribution in [3.8, 4) is 5.75 Å². The van der Waals surface area contributed by atoms with E-state index in [1.807, 2.05) is 17.0 Å². The van der Waals surface area contributed by atoms with E-state index in [1.165, 1.54) is 0 Å². The smallest absolute Gasteiger partial charge is 0.228 e. The van der Waals surface area contributed by atoms with Gasteiger partial charge in [0.2, 0.25) is 5.95 Å². The van der Waals surface area contributed by atoms with Crippen molar-refractivity contribution in [1.29, 1.82) is 0 Å². The van der Waals surface area contributed by atoms with Crippen LogP contribution in [0.4, 0.5) is 5.95 Å². The molecule has 0 spiro atoms. The van der Waals surface area contributed by atoms with Crippen molar-refractivity contribution in [3.63, 3.8) is 0 Å². The molecule has 0 saturated heterocycles. The van der Waals surface area contributed by atoms with E-state index in [-0.39, 0.29) is 0 Å². The molecule has 5 nitrogen and oxygen atoms in total. The van der Waals surface area contributed by atoms with Crippen LogP contribution in [0.25, 0.3) is 0 Å². The van der Waals surface area contributed by atoms with Gasteiger partial charge in [0, 0.05) is 18.6 Å². The Morgan fingerprint density at radius 1 is 1.06 bits per heavy atom. The Hall–Kier alpha value is -2.17. The lowest BCUT2D eigenvalue weighted by atomic mass is 10.3. The van der Waals surface area contributed by atoms with Crippen LogP contribution in [0.2, 0.25) is 0 Å². The lowest BCUT2D eigenvalue weighted by Crippen LogP contribution is -2.33. The van der Waals surface area contributed by atoms with Crippen LogP contribution in [-0.2, 0) is 6.54 Å². The van der Waals surface area contributed by atoms with E-state index in [1.54, 1.807) is 24.7 Å². The molecule has 1 aliphatic heterocycles. The minimum Gasteiger partial charge on any atom is -0.471 e. The summed E-state index contributed by atoms with van der Waals surface area (Å²) >= 11 is 0. The van der Waals surface area contributed by atoms with Gasteiger partial charge in [0.25, 0.3) is 0 Å². The normalized spacial score (nSPS) is 14.1. The standard InChI is InChI=1S/C11H10N4O/c1-3-10-9(12-4-1)7-15(8-16-10)11-13-5-2-6-14-11/h1-6H,7-8H2. The molecule has 5 heteroatoms. The van der Waals surface area contributed by atoms with Gasteiger partial charge in [-0.25, -0.2) is 9.97 Å². The SMILES string of the molecule is c1cnc(N2COc3cccnc3C2)nc1. The van der Waals surface area contributed by atoms with Gasteiger partial charge in [0.05, 0.1) is 6.54 Å². The number of nitrogens with zero attached hydrogens (tertiary/aromatic N) is 4. The Morgan fingerprint density at radius 3 is 2.75 bits per heavy atom. The first-order valence-electron chi connectivity index (χ1n) is 5.02. The van der Waals surface area contributed by atoms with Crippen molar-refractivity contribution in [1.82, 2.24) is 15.0 Å². The maximum Gasteiger partial charge on any atom is 0.228 e. The first kappa shape index (κ1) is 9.08. The molecular weight excluding hydrogens is 204 g/mol. The number of rotatable bonds is 1. The lowest BCUT2D eigenvalue weighted by molar-refractivity contribution is 0.283. The predicted molar refractivity (Wildman–Crippen MR) is 57.9 cm³/mol. The van der Waals surface area contributed by atoms with Gasteiger partial charge in [-0.2, -0.15) is 0 Å². The first-order chi connectivity index (χ1) is 7.93. The zero-order chi connectivity index (χ0) is 10.8. The molecule has 80 valence electrons. The molecular formula is C11H10N4O. The Labute approximate surface area is 92.7 Å². The van der Waals surface area contributed by atoms with E-state index < -0.39 is 0 Å². The Balaban J connectivity index is 1.89. The second-order valence-corrected chi connectivity index (χ2v) is 3.47. The second-order valence-electron chi connectivity index (χ2n) is 3.47. The fraction of sp³-hybridized carbons (Fsp3) is 0.182. The maximum atomic E-state index is 5.57. The molecule has 3 heterocycles. The summed E-state index contributed by atoms with van der Waals surface area (Å²) in [5.41, 5.74) is 0.918. The second kappa shape index (κ2) is 3.77. The topological polar surface area (TPSA) is 51.1 Å². The monoisotopic (exact) mass is 214 g/mol. The van der Waals surface area contributed by atoms with Crippen molar-refractivity contribution in [3.05, 3.63) is 42.5 Å². The molecule has 0 saturated carbocycles. The van der Waals surface area contributed by atoms with Crippen molar-refractivity contribution >= 4 is 5.95 Å². The van der Waals surface area contributed by atoms with Gasteiger partial charge in [0.1, 0.15) is 11.4 Å². The average Bonchev–Trinajstić information content (AvgIpc) is 2.39. The van der Waals surface area contributed by atoms with Gasteiger partial charge in [-0.15, -0.1) is 0 Å². The molecule has 3 rings (SSSR count). The number of pyridine rings is 1. The summed E-state index contributed by atoms with van der Waals surface area (Å²) in [6.45, 7) is 1.14. The Bertz CT molecular complexity index is 488. The molecule has 0 radical (unpaired) electrons. The Morgan fingerprint density at radius 2 is 1.88 bits per heavy atom. The van der Waals surface area contributed by atoms with Crippen LogP contribution in [0.5, 0.6) is 5.75 Å². The summed E-state index contributed by atoms with van der Waals surface area (Å²) < 4.78 is 5.57. The fourth-order valence-corrected chi connectivity index (χ4v) is 1.63. The van der Waals surface area contributed by atoms with Crippen molar-refractivity contribution in [2.45, 2.75) is 6.54 Å². The molecule has 0 N–H and O–H groups in total. The molecule has 0 bridgehead atoms. The van der Waals surface area contributed by atoms with E-state index in [0.717, 1.165) is 11.4 Å². The third-order valence-electron chi connectivity index (χ3n) is 2.40. The molecule has 2 aromatic heterocycles. The minimum absolute atomic E-state index is 0.461. The van der Waals surface area contributed by atoms with Crippen LogP contribution in [0.15, 0.2) is 36.8 Å². The third-order valence-corrected chi connectivity index (χ3v) is 2.40. The molecule has 0 aromatic carbocycles. The largest absolute Gasteiger partial charge is 0.471 e. The number of fused-ring (bicyclic) bond motifs is 1. The molecule has 2 aromatic rings. The summed E-state index contributed by atoms with van der Waals surface area (Å²) in [6.07, 6.45) is 5.20. The van der Waals surface area contributed by atoms with E-state index in [9.17, 15) is 0 Å². The number of hydrogen-bond donors (Lipinski definition) is 0. The molecule has 0 fully saturated rings. The van der Waals surface area contributed by atoms with Gasteiger partial charge in [-0.1, -0.05) is 0 Å². The van der Waals surface area contributed by atoms with Gasteiger partial charge < -0.3 is 9.64 Å². The highest BCUT2D eigenvalue weighted by molar-refractivity contribution is 5.37. The quantitative estimate of drug-likeness (QED) is 0.714. The van der Waals surface area contributed by atoms with Crippen LogP contribution in [0.3, 0.4) is 0 Å². The first-order valence-corrected chi connectivity index (χ1v) is 5.02. The molecule has 16 heavy (non-hydrogen) atoms. The van der Waals surface area contributed by atoms with Crippen LogP contribution in [0.1, 0.15) is 5.69 Å². The predicted octanol–water partition coefficient (Wildman–Crippen LogP) is 1.23. The van der Waals surface area contributed by atoms with E-state index >= 15 is 0 Å². The van der Waals surface area contributed by atoms with Gasteiger partial charge in [-0.3, -0.25) is 4.98 Å². The molecule has 0 aliphatic carbocycles. The van der Waals surface area contributed by atoms with Crippen molar-refractivity contribution in [2.75, 3.05) is 11.6 Å². The molecule has 0 unspecified atom stereocenters. The van der Waals surface area contributed by atoms with Gasteiger partial charge >= 0.3 is 0 Å².